The maximum Gasteiger partial charge on any atom is 0.119 e. The van der Waals surface area contributed by atoms with Crippen LogP contribution >= 0.6 is 0 Å². The smallest absolute Gasteiger partial charge is 0.119 e. The Bertz CT molecular complexity index is 403. The van der Waals surface area contributed by atoms with Gasteiger partial charge in [0.25, 0.3) is 0 Å². The fourth-order valence-electron chi connectivity index (χ4n) is 1.81. The summed E-state index contributed by atoms with van der Waals surface area (Å²) in [5, 5.41) is 3.43. The van der Waals surface area contributed by atoms with Gasteiger partial charge in [-0.1, -0.05) is 19.1 Å². The molecule has 0 amide bonds. The van der Waals surface area contributed by atoms with Gasteiger partial charge in [-0.3, -0.25) is 0 Å². The molecule has 18 heavy (non-hydrogen) atoms. The van der Waals surface area contributed by atoms with Crippen molar-refractivity contribution in [3.63, 3.8) is 0 Å². The highest BCUT2D eigenvalue weighted by Gasteiger charge is 2.05. The predicted molar refractivity (Wildman–Crippen MR) is 76.8 cm³/mol. The Morgan fingerprint density at radius 3 is 2.89 bits per heavy atom. The lowest BCUT2D eigenvalue weighted by Crippen LogP contribution is -2.30. The molecule has 0 spiro atoms. The van der Waals surface area contributed by atoms with Crippen LogP contribution in [0.2, 0.25) is 0 Å². The van der Waals surface area contributed by atoms with E-state index in [1.165, 1.54) is 5.56 Å². The SMILES string of the molecule is CC#CCC(CCOc1cccc(C)c1)NCC. The molecule has 0 saturated carbocycles. The third-order valence-corrected chi connectivity index (χ3v) is 2.74. The lowest BCUT2D eigenvalue weighted by Gasteiger charge is -2.15. The van der Waals surface area contributed by atoms with E-state index in [4.69, 9.17) is 4.74 Å². The lowest BCUT2D eigenvalue weighted by atomic mass is 10.1. The predicted octanol–water partition coefficient (Wildman–Crippen LogP) is 3.16. The van der Waals surface area contributed by atoms with E-state index in [9.17, 15) is 0 Å². The fourth-order valence-corrected chi connectivity index (χ4v) is 1.81. The molecular weight excluding hydrogens is 222 g/mol. The molecule has 0 bridgehead atoms. The van der Waals surface area contributed by atoms with Crippen LogP contribution in [0.15, 0.2) is 24.3 Å². The highest BCUT2D eigenvalue weighted by molar-refractivity contribution is 5.27. The first kappa shape index (κ1) is 14.6. The Balaban J connectivity index is 2.35. The van der Waals surface area contributed by atoms with Crippen LogP contribution in [0, 0.1) is 18.8 Å². The number of rotatable bonds is 7. The summed E-state index contributed by atoms with van der Waals surface area (Å²) in [5.41, 5.74) is 1.23. The van der Waals surface area contributed by atoms with Crippen molar-refractivity contribution in [3.05, 3.63) is 29.8 Å². The molecule has 1 atom stereocenters. The zero-order valence-electron chi connectivity index (χ0n) is 11.6. The molecule has 0 aliphatic carbocycles. The van der Waals surface area contributed by atoms with Gasteiger partial charge in [-0.05, 0) is 44.5 Å². The van der Waals surface area contributed by atoms with E-state index in [-0.39, 0.29) is 0 Å². The number of aryl methyl sites for hydroxylation is 1. The van der Waals surface area contributed by atoms with Crippen molar-refractivity contribution in [2.24, 2.45) is 0 Å². The van der Waals surface area contributed by atoms with Gasteiger partial charge in [0.15, 0.2) is 0 Å². The molecule has 0 aliphatic heterocycles. The average Bonchev–Trinajstić information content (AvgIpc) is 2.36. The van der Waals surface area contributed by atoms with Gasteiger partial charge in [-0.15, -0.1) is 11.8 Å². The van der Waals surface area contributed by atoms with Gasteiger partial charge in [0.1, 0.15) is 5.75 Å². The summed E-state index contributed by atoms with van der Waals surface area (Å²) in [6.45, 7) is 7.78. The van der Waals surface area contributed by atoms with Gasteiger partial charge in [-0.2, -0.15) is 0 Å². The summed E-state index contributed by atoms with van der Waals surface area (Å²) >= 11 is 0. The summed E-state index contributed by atoms with van der Waals surface area (Å²) in [6, 6.07) is 8.59. The summed E-state index contributed by atoms with van der Waals surface area (Å²) in [5.74, 6) is 7.01. The Morgan fingerprint density at radius 1 is 1.39 bits per heavy atom. The molecule has 1 rings (SSSR count). The van der Waals surface area contributed by atoms with Crippen molar-refractivity contribution in [1.82, 2.24) is 5.32 Å². The molecule has 0 heterocycles. The molecular formula is C16H23NO. The zero-order valence-corrected chi connectivity index (χ0v) is 11.6. The van der Waals surface area contributed by atoms with Crippen molar-refractivity contribution in [3.8, 4) is 17.6 Å². The zero-order chi connectivity index (χ0) is 13.2. The summed E-state index contributed by atoms with van der Waals surface area (Å²) in [4.78, 5) is 0. The maximum absolute atomic E-state index is 5.76. The van der Waals surface area contributed by atoms with E-state index in [0.29, 0.717) is 6.04 Å². The van der Waals surface area contributed by atoms with E-state index in [0.717, 1.165) is 31.7 Å². The molecule has 0 radical (unpaired) electrons. The molecule has 1 unspecified atom stereocenters. The van der Waals surface area contributed by atoms with Crippen molar-refractivity contribution >= 4 is 0 Å². The number of hydrogen-bond acceptors (Lipinski definition) is 2. The molecule has 0 fully saturated rings. The lowest BCUT2D eigenvalue weighted by molar-refractivity contribution is 0.287. The van der Waals surface area contributed by atoms with Crippen LogP contribution in [0.3, 0.4) is 0 Å². The molecule has 1 aromatic rings. The highest BCUT2D eigenvalue weighted by atomic mass is 16.5. The van der Waals surface area contributed by atoms with Crippen LogP contribution in [0.25, 0.3) is 0 Å². The molecule has 0 aromatic heterocycles. The van der Waals surface area contributed by atoms with E-state index < -0.39 is 0 Å². The normalized spacial score (nSPS) is 11.5. The van der Waals surface area contributed by atoms with E-state index >= 15 is 0 Å². The van der Waals surface area contributed by atoms with Crippen molar-refractivity contribution in [1.29, 1.82) is 0 Å². The van der Waals surface area contributed by atoms with E-state index in [1.54, 1.807) is 0 Å². The van der Waals surface area contributed by atoms with Crippen LogP contribution in [0.4, 0.5) is 0 Å². The minimum Gasteiger partial charge on any atom is -0.494 e. The monoisotopic (exact) mass is 245 g/mol. The fraction of sp³-hybridized carbons (Fsp3) is 0.500. The third kappa shape index (κ3) is 5.75. The number of nitrogens with one attached hydrogen (secondary N) is 1. The largest absolute Gasteiger partial charge is 0.494 e. The van der Waals surface area contributed by atoms with Crippen LogP contribution in [0.5, 0.6) is 5.75 Å². The third-order valence-electron chi connectivity index (χ3n) is 2.74. The van der Waals surface area contributed by atoms with E-state index in [2.05, 4.69) is 43.1 Å². The van der Waals surface area contributed by atoms with Gasteiger partial charge in [0.2, 0.25) is 0 Å². The standard InChI is InChI=1S/C16H23NO/c1-4-6-9-15(17-5-2)11-12-18-16-10-7-8-14(3)13-16/h7-8,10,13,15,17H,5,9,11-12H2,1-3H3. The molecule has 0 saturated heterocycles. The van der Waals surface area contributed by atoms with Gasteiger partial charge in [-0.25, -0.2) is 0 Å². The number of hydrogen-bond donors (Lipinski definition) is 1. The topological polar surface area (TPSA) is 21.3 Å². The van der Waals surface area contributed by atoms with Crippen molar-refractivity contribution < 1.29 is 4.74 Å². The number of benzene rings is 1. The van der Waals surface area contributed by atoms with Crippen LogP contribution in [0.1, 0.15) is 32.3 Å². The van der Waals surface area contributed by atoms with Crippen LogP contribution in [-0.2, 0) is 0 Å². The number of ether oxygens (including phenoxy) is 1. The van der Waals surface area contributed by atoms with Crippen molar-refractivity contribution in [2.75, 3.05) is 13.2 Å². The molecule has 98 valence electrons. The Labute approximate surface area is 111 Å². The Kier molecular flexibility index (Phi) is 6.98. The molecule has 0 aliphatic rings. The van der Waals surface area contributed by atoms with Gasteiger partial charge < -0.3 is 10.1 Å². The second-order valence-corrected chi connectivity index (χ2v) is 4.34. The second-order valence-electron chi connectivity index (χ2n) is 4.34. The molecule has 1 aromatic carbocycles. The van der Waals surface area contributed by atoms with Crippen LogP contribution < -0.4 is 10.1 Å². The van der Waals surface area contributed by atoms with Gasteiger partial charge >= 0.3 is 0 Å². The maximum atomic E-state index is 5.76. The Morgan fingerprint density at radius 2 is 2.22 bits per heavy atom. The minimum atomic E-state index is 0.423. The van der Waals surface area contributed by atoms with Gasteiger partial charge in [0, 0.05) is 12.5 Å². The Hall–Kier alpha value is -1.46. The first-order chi connectivity index (χ1) is 8.76. The summed E-state index contributed by atoms with van der Waals surface area (Å²) in [6.07, 6.45) is 1.87. The summed E-state index contributed by atoms with van der Waals surface area (Å²) < 4.78 is 5.76. The second kappa shape index (κ2) is 8.60. The summed E-state index contributed by atoms with van der Waals surface area (Å²) in [7, 11) is 0. The molecule has 2 nitrogen and oxygen atoms in total. The van der Waals surface area contributed by atoms with Crippen LogP contribution in [-0.4, -0.2) is 19.2 Å². The first-order valence-electron chi connectivity index (χ1n) is 6.58. The average molecular weight is 245 g/mol. The quantitative estimate of drug-likeness (QED) is 0.745. The van der Waals surface area contributed by atoms with Crippen molar-refractivity contribution in [2.45, 2.75) is 39.7 Å². The first-order valence-corrected chi connectivity index (χ1v) is 6.58. The molecule has 1 N–H and O–H groups in total. The van der Waals surface area contributed by atoms with Gasteiger partial charge in [0.05, 0.1) is 6.61 Å². The minimum absolute atomic E-state index is 0.423. The molecule has 2 heteroatoms. The highest BCUT2D eigenvalue weighted by Crippen LogP contribution is 2.13. The van der Waals surface area contributed by atoms with E-state index in [1.807, 2.05) is 19.1 Å².